The number of hydrogen-bond donors (Lipinski definition) is 1. The predicted octanol–water partition coefficient (Wildman–Crippen LogP) is 2.61. The molecule has 98 valence electrons. The Balaban J connectivity index is 2.29. The number of nitro groups is 1. The molecule has 0 aliphatic rings. The number of nitrogens with one attached hydrogen (secondary N) is 1. The lowest BCUT2D eigenvalue weighted by molar-refractivity contribution is -0.384. The van der Waals surface area contributed by atoms with Crippen molar-refractivity contribution in [2.45, 2.75) is 13.0 Å². The van der Waals surface area contributed by atoms with Crippen molar-refractivity contribution in [3.8, 4) is 0 Å². The molecule has 0 radical (unpaired) electrons. The van der Waals surface area contributed by atoms with Crippen LogP contribution in [0.4, 0.5) is 11.5 Å². The Kier molecular flexibility index (Phi) is 3.86. The van der Waals surface area contributed by atoms with E-state index in [-0.39, 0.29) is 22.7 Å². The van der Waals surface area contributed by atoms with E-state index in [0.717, 1.165) is 5.69 Å². The summed E-state index contributed by atoms with van der Waals surface area (Å²) in [4.78, 5) is 21.9. The second-order valence-electron chi connectivity index (χ2n) is 3.74. The zero-order valence-corrected chi connectivity index (χ0v) is 10.7. The molecule has 0 amide bonds. The van der Waals surface area contributed by atoms with E-state index in [1.54, 1.807) is 12.3 Å². The van der Waals surface area contributed by atoms with Crippen molar-refractivity contribution >= 4 is 23.1 Å². The first-order valence-electron chi connectivity index (χ1n) is 5.42. The van der Waals surface area contributed by atoms with Gasteiger partial charge in [0.15, 0.2) is 0 Å². The summed E-state index contributed by atoms with van der Waals surface area (Å²) in [6, 6.07) is 5.19. The lowest BCUT2D eigenvalue weighted by atomic mass is 10.2. The third-order valence-electron chi connectivity index (χ3n) is 2.44. The second kappa shape index (κ2) is 5.57. The molecule has 0 aromatic carbocycles. The molecule has 0 bridgehead atoms. The molecular weight excluding hydrogens is 270 g/mol. The number of pyridine rings is 1. The molecule has 1 N–H and O–H groups in total. The van der Waals surface area contributed by atoms with Crippen LogP contribution in [0.5, 0.6) is 0 Å². The first-order valence-corrected chi connectivity index (χ1v) is 5.79. The molecule has 0 spiro atoms. The van der Waals surface area contributed by atoms with Gasteiger partial charge >= 0.3 is 5.69 Å². The minimum Gasteiger partial charge on any atom is -0.356 e. The molecule has 2 heterocycles. The third kappa shape index (κ3) is 2.94. The molecule has 2 aromatic heterocycles. The van der Waals surface area contributed by atoms with Crippen LogP contribution in [0, 0.1) is 10.1 Å². The summed E-state index contributed by atoms with van der Waals surface area (Å²) in [6.45, 7) is 1.82. The van der Waals surface area contributed by atoms with E-state index >= 15 is 0 Å². The molecule has 0 fully saturated rings. The molecule has 1 atom stereocenters. The first-order chi connectivity index (χ1) is 9.09. The Bertz CT molecular complexity index is 593. The summed E-state index contributed by atoms with van der Waals surface area (Å²) >= 11 is 5.71. The maximum atomic E-state index is 10.9. The van der Waals surface area contributed by atoms with Crippen LogP contribution >= 0.6 is 11.6 Å². The van der Waals surface area contributed by atoms with Crippen LogP contribution < -0.4 is 5.32 Å². The van der Waals surface area contributed by atoms with E-state index in [0.29, 0.717) is 0 Å². The number of hydrogen-bond acceptors (Lipinski definition) is 6. The first kappa shape index (κ1) is 13.2. The van der Waals surface area contributed by atoms with Gasteiger partial charge in [0.05, 0.1) is 16.7 Å². The van der Waals surface area contributed by atoms with Crippen molar-refractivity contribution in [1.82, 2.24) is 15.0 Å². The topological polar surface area (TPSA) is 93.8 Å². The Morgan fingerprint density at radius 2 is 2.16 bits per heavy atom. The van der Waals surface area contributed by atoms with Gasteiger partial charge in [-0.25, -0.2) is 9.97 Å². The monoisotopic (exact) mass is 279 g/mol. The van der Waals surface area contributed by atoms with E-state index in [4.69, 9.17) is 11.6 Å². The highest BCUT2D eigenvalue weighted by Gasteiger charge is 2.23. The fourth-order valence-electron chi connectivity index (χ4n) is 1.54. The van der Waals surface area contributed by atoms with Crippen LogP contribution in [-0.2, 0) is 0 Å². The van der Waals surface area contributed by atoms with Crippen LogP contribution in [0.25, 0.3) is 0 Å². The Hall–Kier alpha value is -2.28. The SMILES string of the molecule is CC(Nc1ncnc(Cl)c1[N+](=O)[O-])c1ccccn1. The number of nitrogens with zero attached hydrogens (tertiary/aromatic N) is 4. The standard InChI is InChI=1S/C11H10ClN5O2/c1-7(8-4-2-3-5-13-8)16-11-9(17(18)19)10(12)14-6-15-11/h2-7H,1H3,(H,14,15,16). The average molecular weight is 280 g/mol. The van der Waals surface area contributed by atoms with Crippen molar-refractivity contribution < 1.29 is 4.92 Å². The van der Waals surface area contributed by atoms with E-state index in [9.17, 15) is 10.1 Å². The highest BCUT2D eigenvalue weighted by molar-refractivity contribution is 6.31. The maximum Gasteiger partial charge on any atom is 0.348 e. The molecular formula is C11H10ClN5O2. The van der Waals surface area contributed by atoms with Gasteiger partial charge in [0, 0.05) is 6.20 Å². The van der Waals surface area contributed by atoms with E-state index in [2.05, 4.69) is 20.3 Å². The zero-order chi connectivity index (χ0) is 13.8. The third-order valence-corrected chi connectivity index (χ3v) is 2.72. The summed E-state index contributed by atoms with van der Waals surface area (Å²) in [7, 11) is 0. The van der Waals surface area contributed by atoms with Crippen LogP contribution in [-0.4, -0.2) is 19.9 Å². The van der Waals surface area contributed by atoms with Gasteiger partial charge in [0.2, 0.25) is 11.0 Å². The van der Waals surface area contributed by atoms with Gasteiger partial charge in [-0.1, -0.05) is 17.7 Å². The summed E-state index contributed by atoms with van der Waals surface area (Å²) in [5.41, 5.74) is 0.401. The van der Waals surface area contributed by atoms with Crippen LogP contribution in [0.1, 0.15) is 18.7 Å². The minimum atomic E-state index is -0.615. The second-order valence-corrected chi connectivity index (χ2v) is 4.10. The molecule has 19 heavy (non-hydrogen) atoms. The van der Waals surface area contributed by atoms with Gasteiger partial charge in [-0.15, -0.1) is 0 Å². The zero-order valence-electron chi connectivity index (χ0n) is 9.95. The van der Waals surface area contributed by atoms with Gasteiger partial charge < -0.3 is 5.32 Å². The molecule has 0 aliphatic heterocycles. The quantitative estimate of drug-likeness (QED) is 0.525. The molecule has 2 rings (SSSR count). The van der Waals surface area contributed by atoms with Gasteiger partial charge in [0.1, 0.15) is 6.33 Å². The van der Waals surface area contributed by atoms with Crippen molar-refractivity contribution in [2.24, 2.45) is 0 Å². The number of anilines is 1. The molecule has 0 saturated heterocycles. The molecule has 0 saturated carbocycles. The Morgan fingerprint density at radius 1 is 1.37 bits per heavy atom. The normalized spacial score (nSPS) is 11.9. The summed E-state index contributed by atoms with van der Waals surface area (Å²) in [6.07, 6.45) is 2.82. The summed E-state index contributed by atoms with van der Waals surface area (Å²) in [5.74, 6) is 0.0724. The molecule has 7 nitrogen and oxygen atoms in total. The highest BCUT2D eigenvalue weighted by atomic mass is 35.5. The average Bonchev–Trinajstić information content (AvgIpc) is 2.39. The highest BCUT2D eigenvalue weighted by Crippen LogP contribution is 2.30. The van der Waals surface area contributed by atoms with Gasteiger partial charge in [0.25, 0.3) is 0 Å². The van der Waals surface area contributed by atoms with Crippen LogP contribution in [0.2, 0.25) is 5.15 Å². The Labute approximate surface area is 113 Å². The number of halogens is 1. The molecule has 8 heteroatoms. The van der Waals surface area contributed by atoms with Crippen molar-refractivity contribution in [2.75, 3.05) is 5.32 Å². The summed E-state index contributed by atoms with van der Waals surface area (Å²) in [5, 5.41) is 13.7. The lowest BCUT2D eigenvalue weighted by Gasteiger charge is -2.13. The number of rotatable bonds is 4. The predicted molar refractivity (Wildman–Crippen MR) is 70.0 cm³/mol. The van der Waals surface area contributed by atoms with Crippen LogP contribution in [0.3, 0.4) is 0 Å². The van der Waals surface area contributed by atoms with Crippen LogP contribution in [0.15, 0.2) is 30.7 Å². The van der Waals surface area contributed by atoms with Crippen molar-refractivity contribution in [3.05, 3.63) is 51.7 Å². The summed E-state index contributed by atoms with van der Waals surface area (Å²) < 4.78 is 0. The van der Waals surface area contributed by atoms with Crippen molar-refractivity contribution in [1.29, 1.82) is 0 Å². The van der Waals surface area contributed by atoms with Gasteiger partial charge in [-0.3, -0.25) is 15.1 Å². The molecule has 2 aromatic rings. The fraction of sp³-hybridized carbons (Fsp3) is 0.182. The Morgan fingerprint density at radius 3 is 2.79 bits per heavy atom. The van der Waals surface area contributed by atoms with Gasteiger partial charge in [-0.2, -0.15) is 0 Å². The maximum absolute atomic E-state index is 10.9. The number of aromatic nitrogens is 3. The van der Waals surface area contributed by atoms with Gasteiger partial charge in [-0.05, 0) is 19.1 Å². The van der Waals surface area contributed by atoms with Crippen molar-refractivity contribution in [3.63, 3.8) is 0 Å². The van der Waals surface area contributed by atoms with E-state index < -0.39 is 4.92 Å². The largest absolute Gasteiger partial charge is 0.356 e. The fourth-order valence-corrected chi connectivity index (χ4v) is 1.74. The lowest BCUT2D eigenvalue weighted by Crippen LogP contribution is -2.11. The minimum absolute atomic E-state index is 0.0724. The molecule has 0 aliphatic carbocycles. The van der Waals surface area contributed by atoms with E-state index in [1.807, 2.05) is 19.1 Å². The smallest absolute Gasteiger partial charge is 0.348 e. The van der Waals surface area contributed by atoms with E-state index in [1.165, 1.54) is 6.33 Å². The molecule has 1 unspecified atom stereocenters.